The molecule has 2 aromatic carbocycles. The molecule has 1 spiro atoms. The van der Waals surface area contributed by atoms with Crippen molar-refractivity contribution in [3.05, 3.63) is 65.0 Å². The van der Waals surface area contributed by atoms with E-state index < -0.39 is 59.8 Å². The summed E-state index contributed by atoms with van der Waals surface area (Å²) in [5.74, 6) is -0.710. The number of fused-ring (bicyclic) bond motifs is 7. The summed E-state index contributed by atoms with van der Waals surface area (Å²) in [6.45, 7) is 15.6. The summed E-state index contributed by atoms with van der Waals surface area (Å²) in [4.78, 5) is 71.5. The second-order valence-electron chi connectivity index (χ2n) is 25.9. The molecule has 6 bridgehead atoms. The fourth-order valence-corrected chi connectivity index (χ4v) is 14.3. The second-order valence-corrected chi connectivity index (χ2v) is 25.9. The number of aliphatic imine (C=N–C) groups is 1. The van der Waals surface area contributed by atoms with Crippen LogP contribution in [0.5, 0.6) is 0 Å². The largest absolute Gasteiger partial charge is 0.464 e. The molecule has 9 heterocycles. The number of rotatable bonds is 11. The van der Waals surface area contributed by atoms with Crippen LogP contribution >= 0.6 is 0 Å². The van der Waals surface area contributed by atoms with E-state index in [1.54, 1.807) is 13.2 Å². The first-order valence-corrected chi connectivity index (χ1v) is 29.9. The normalized spacial score (nSPS) is 29.0. The Kier molecular flexibility index (Phi) is 15.8. The number of hydrogen-bond acceptors (Lipinski definition) is 14. The number of carbonyl (C=O) groups excluding carboxylic acids is 4. The second kappa shape index (κ2) is 22.6. The fraction of sp³-hybridized carbons (Fsp3) is 0.656. The molecule has 3 N–H and O–H groups in total. The number of hydrazine groups is 1. The van der Waals surface area contributed by atoms with E-state index in [1.807, 2.05) is 82.1 Å². The Morgan fingerprint density at radius 1 is 0.939 bits per heavy atom. The van der Waals surface area contributed by atoms with Crippen LogP contribution in [0.15, 0.2) is 53.2 Å². The molecule has 1 aromatic heterocycles. The molecular formula is C61H81F3N10O8. The van der Waals surface area contributed by atoms with E-state index in [4.69, 9.17) is 23.9 Å². The van der Waals surface area contributed by atoms with Crippen LogP contribution in [0.1, 0.15) is 83.5 Å². The number of morpholine rings is 2. The Bertz CT molecular complexity index is 3010. The Balaban J connectivity index is 0.886. The number of ether oxygens (including phenoxy) is 4. The SMILES string of the molecule is CO[C@@H](C)C1=C(c2c3c4cc(ccc4n2CC(F)(F)F)-c2cccc(c2)C[C@H](NC(=O)[C@H](C(C)C)N2CCOC4(CN(C(=O)[C@@H]5N[C@@H]5C5CC5)C4)C2)C(=O)N2CCC[C@H](N2)C(=O)OCC(C)(C)C3)CC(N2CCN3CCOC[C@@H]3C2)C=N1. The molecule has 9 aliphatic rings. The number of nitrogens with zero attached hydrogens (tertiary/aromatic N) is 7. The summed E-state index contributed by atoms with van der Waals surface area (Å²) in [7, 11) is 1.58. The van der Waals surface area contributed by atoms with Crippen molar-refractivity contribution in [2.75, 3.05) is 92.4 Å². The van der Waals surface area contributed by atoms with Crippen molar-refractivity contribution in [2.24, 2.45) is 22.2 Å². The van der Waals surface area contributed by atoms with Crippen molar-refractivity contribution < 1.29 is 51.3 Å². The van der Waals surface area contributed by atoms with Gasteiger partial charge in [0.15, 0.2) is 0 Å². The first-order valence-electron chi connectivity index (χ1n) is 29.9. The summed E-state index contributed by atoms with van der Waals surface area (Å²) in [6.07, 6.45) is 0.765. The Morgan fingerprint density at radius 3 is 2.50 bits per heavy atom. The number of benzene rings is 2. The highest BCUT2D eigenvalue weighted by molar-refractivity contribution is 5.96. The number of halogens is 3. The van der Waals surface area contributed by atoms with Gasteiger partial charge in [-0.2, -0.15) is 13.2 Å². The number of methoxy groups -OCH3 is 1. The molecule has 12 rings (SSSR count). The van der Waals surface area contributed by atoms with E-state index in [2.05, 4.69) is 30.8 Å². The molecule has 21 heteroatoms. The summed E-state index contributed by atoms with van der Waals surface area (Å²) in [5, 5.41) is 8.65. The van der Waals surface area contributed by atoms with Gasteiger partial charge in [0.25, 0.3) is 5.91 Å². The number of aromatic nitrogens is 1. The standard InChI is InChI=1S/C61H81F3N10O8/c1-36(2)53(71-20-22-82-60(31-71)32-72(33-60)57(77)52-51(67-52)39-12-13-39)55(75)66-48-24-38-9-7-10-40(23-38)41-14-15-49-44(25-41)46(27-59(4,5)35-81-58(78)47-11-8-16-74(68-47)56(48)76)54(73(49)34-61(62,63)64)45-26-42(28-65-50(45)37(3)79-6)70-18-17-69-19-21-80-30-43(69)29-70/h7,9-10,14-15,23,25,28,36-37,39,42-43,47-48,51-53,67-68H,8,11-13,16-22,24,26-27,29-35H2,1-6H3,(H,66,75)/t37-,42?,43-,47-,48-,51+,52+,53-/m0/s1. The topological polar surface area (TPSA) is 185 Å². The van der Waals surface area contributed by atoms with Crippen LogP contribution in [0.4, 0.5) is 13.2 Å². The summed E-state index contributed by atoms with van der Waals surface area (Å²) < 4.78 is 71.6. The van der Waals surface area contributed by atoms with Crippen molar-refractivity contribution in [1.82, 2.24) is 45.2 Å². The zero-order valence-electron chi connectivity index (χ0n) is 48.3. The number of hydrogen-bond donors (Lipinski definition) is 3. The van der Waals surface area contributed by atoms with Crippen LogP contribution in [-0.4, -0.2) is 212 Å². The molecule has 8 aliphatic heterocycles. The molecule has 1 unspecified atom stereocenters. The highest BCUT2D eigenvalue weighted by Crippen LogP contribution is 2.45. The first-order chi connectivity index (χ1) is 39.2. The van der Waals surface area contributed by atoms with Gasteiger partial charge in [-0.05, 0) is 91.7 Å². The molecule has 444 valence electrons. The first kappa shape index (κ1) is 57.2. The minimum absolute atomic E-state index is 0.0645. The zero-order chi connectivity index (χ0) is 57.4. The van der Waals surface area contributed by atoms with E-state index in [0.29, 0.717) is 111 Å². The molecule has 1 saturated carbocycles. The lowest BCUT2D eigenvalue weighted by molar-refractivity contribution is -0.197. The van der Waals surface area contributed by atoms with Crippen molar-refractivity contribution >= 4 is 46.4 Å². The molecule has 6 saturated heterocycles. The van der Waals surface area contributed by atoms with E-state index in [0.717, 1.165) is 42.9 Å². The van der Waals surface area contributed by atoms with Crippen LogP contribution in [0.25, 0.3) is 27.6 Å². The van der Waals surface area contributed by atoms with Gasteiger partial charge in [-0.1, -0.05) is 58.0 Å². The number of likely N-dealkylation sites (tertiary alicyclic amines) is 1. The van der Waals surface area contributed by atoms with Gasteiger partial charge in [-0.15, -0.1) is 0 Å². The highest BCUT2D eigenvalue weighted by Gasteiger charge is 2.57. The molecule has 7 fully saturated rings. The van der Waals surface area contributed by atoms with E-state index in [9.17, 15) is 14.4 Å². The molecule has 82 heavy (non-hydrogen) atoms. The minimum Gasteiger partial charge on any atom is -0.464 e. The van der Waals surface area contributed by atoms with Gasteiger partial charge in [0.2, 0.25) is 11.8 Å². The number of amides is 3. The third-order valence-corrected chi connectivity index (χ3v) is 18.7. The maximum absolute atomic E-state index is 15.3. The van der Waals surface area contributed by atoms with Gasteiger partial charge in [0.1, 0.15) is 30.3 Å². The quantitative estimate of drug-likeness (QED) is 0.176. The predicted molar refractivity (Wildman–Crippen MR) is 302 cm³/mol. The Hall–Kier alpha value is -5.26. The summed E-state index contributed by atoms with van der Waals surface area (Å²) in [6, 6.07) is 10.9. The zero-order valence-corrected chi connectivity index (χ0v) is 48.3. The van der Waals surface area contributed by atoms with Gasteiger partial charge < -0.3 is 33.7 Å². The van der Waals surface area contributed by atoms with Crippen LogP contribution in [0.3, 0.4) is 0 Å². The molecule has 8 atom stereocenters. The van der Waals surface area contributed by atoms with Gasteiger partial charge in [0, 0.05) is 106 Å². The third kappa shape index (κ3) is 11.8. The molecule has 3 amide bonds. The molecule has 18 nitrogen and oxygen atoms in total. The lowest BCUT2D eigenvalue weighted by Gasteiger charge is -2.55. The van der Waals surface area contributed by atoms with Gasteiger partial charge in [0.05, 0.1) is 63.1 Å². The number of nitrogens with one attached hydrogen (secondary N) is 3. The molecular weight excluding hydrogens is 1060 g/mol. The van der Waals surface area contributed by atoms with E-state index >= 15 is 18.0 Å². The third-order valence-electron chi connectivity index (χ3n) is 18.7. The minimum atomic E-state index is -4.60. The lowest BCUT2D eigenvalue weighted by Crippen LogP contribution is -2.73. The summed E-state index contributed by atoms with van der Waals surface area (Å²) in [5.41, 5.74) is 6.86. The van der Waals surface area contributed by atoms with Gasteiger partial charge in [-0.25, -0.2) is 5.43 Å². The number of cyclic esters (lactones) is 1. The van der Waals surface area contributed by atoms with Crippen LogP contribution < -0.4 is 16.1 Å². The molecule has 3 aromatic rings. The number of carbonyl (C=O) groups is 4. The molecule has 1 aliphatic carbocycles. The van der Waals surface area contributed by atoms with Gasteiger partial charge >= 0.3 is 12.1 Å². The monoisotopic (exact) mass is 1140 g/mol. The van der Waals surface area contributed by atoms with Crippen LogP contribution in [0.2, 0.25) is 0 Å². The highest BCUT2D eigenvalue weighted by atomic mass is 19.4. The smallest absolute Gasteiger partial charge is 0.406 e. The van der Waals surface area contributed by atoms with Crippen molar-refractivity contribution in [3.8, 4) is 11.1 Å². The van der Waals surface area contributed by atoms with Gasteiger partial charge in [-0.3, -0.25) is 49.2 Å². The average molecular weight is 1140 g/mol. The number of piperazine rings is 1. The van der Waals surface area contributed by atoms with Crippen LogP contribution in [0, 0.1) is 17.3 Å². The van der Waals surface area contributed by atoms with Crippen molar-refractivity contribution in [1.29, 1.82) is 0 Å². The predicted octanol–water partition coefficient (Wildman–Crippen LogP) is 4.81. The Labute approximate surface area is 478 Å². The van der Waals surface area contributed by atoms with Crippen molar-refractivity contribution in [2.45, 2.75) is 146 Å². The van der Waals surface area contributed by atoms with E-state index in [-0.39, 0.29) is 61.3 Å². The molecule has 0 radical (unpaired) electrons. The fourth-order valence-electron chi connectivity index (χ4n) is 14.3. The van der Waals surface area contributed by atoms with E-state index in [1.165, 1.54) is 22.4 Å². The average Bonchev–Trinajstić information content (AvgIpc) is 3.21. The maximum atomic E-state index is 15.3. The number of alkyl halides is 3. The summed E-state index contributed by atoms with van der Waals surface area (Å²) >= 11 is 0. The van der Waals surface area contributed by atoms with Crippen LogP contribution in [-0.2, 0) is 57.5 Å². The van der Waals surface area contributed by atoms with Crippen molar-refractivity contribution in [3.63, 3.8) is 0 Å². The number of esters is 1. The Morgan fingerprint density at radius 2 is 1.73 bits per heavy atom. The lowest BCUT2D eigenvalue weighted by atomic mass is 9.83. The maximum Gasteiger partial charge on any atom is 0.406 e.